The maximum absolute atomic E-state index is 6.09. The Balaban J connectivity index is 2.02. The van der Waals surface area contributed by atoms with Gasteiger partial charge in [-0.2, -0.15) is 0 Å². The van der Waals surface area contributed by atoms with Gasteiger partial charge in [0.05, 0.1) is 11.4 Å². The number of hydrogen-bond donors (Lipinski definition) is 2. The third-order valence-electron chi connectivity index (χ3n) is 4.37. The molecule has 0 heterocycles. The van der Waals surface area contributed by atoms with Crippen molar-refractivity contribution in [1.82, 2.24) is 0 Å². The first-order valence-corrected chi connectivity index (χ1v) is 7.61. The Hall–Kier alpha value is -1.18. The maximum atomic E-state index is 6.09. The zero-order valence-corrected chi connectivity index (χ0v) is 12.6. The Morgan fingerprint density at radius 1 is 1.26 bits per heavy atom. The molecule has 1 saturated carbocycles. The van der Waals surface area contributed by atoms with E-state index in [1.165, 1.54) is 37.7 Å². The molecule has 1 aliphatic carbocycles. The van der Waals surface area contributed by atoms with Gasteiger partial charge in [-0.1, -0.05) is 32.8 Å². The normalized spacial score (nSPS) is 17.9. The van der Waals surface area contributed by atoms with Crippen LogP contribution in [-0.4, -0.2) is 6.54 Å². The zero-order chi connectivity index (χ0) is 13.9. The van der Waals surface area contributed by atoms with Gasteiger partial charge < -0.3 is 11.1 Å². The van der Waals surface area contributed by atoms with E-state index in [9.17, 15) is 0 Å². The Kier molecular flexibility index (Phi) is 4.38. The number of aryl methyl sites for hydroxylation is 1. The number of hydrogen-bond acceptors (Lipinski definition) is 2. The predicted octanol–water partition coefficient (Wildman–Crippen LogP) is 4.60. The standard InChI is InChI=1S/C17H28N2/c1-13(2)11-17(8-4-5-9-17)12-19-16-7-6-14(3)10-15(16)18/h6-7,10,13,19H,4-5,8-9,11-12,18H2,1-3H3. The maximum Gasteiger partial charge on any atom is 0.0574 e. The van der Waals surface area contributed by atoms with Crippen molar-refractivity contribution < 1.29 is 0 Å². The van der Waals surface area contributed by atoms with Crippen LogP contribution in [0, 0.1) is 18.3 Å². The van der Waals surface area contributed by atoms with E-state index >= 15 is 0 Å². The molecule has 0 bridgehead atoms. The molecule has 0 aromatic heterocycles. The first-order chi connectivity index (χ1) is 9.01. The van der Waals surface area contributed by atoms with Gasteiger partial charge in [-0.15, -0.1) is 0 Å². The van der Waals surface area contributed by atoms with E-state index in [-0.39, 0.29) is 0 Å². The number of nitrogens with one attached hydrogen (secondary N) is 1. The fourth-order valence-corrected chi connectivity index (χ4v) is 3.57. The van der Waals surface area contributed by atoms with Gasteiger partial charge in [0.1, 0.15) is 0 Å². The molecule has 2 heteroatoms. The first-order valence-electron chi connectivity index (χ1n) is 7.61. The minimum absolute atomic E-state index is 0.492. The summed E-state index contributed by atoms with van der Waals surface area (Å²) in [5.41, 5.74) is 9.77. The summed E-state index contributed by atoms with van der Waals surface area (Å²) < 4.78 is 0. The van der Waals surface area contributed by atoms with Crippen LogP contribution in [0.3, 0.4) is 0 Å². The highest BCUT2D eigenvalue weighted by Gasteiger charge is 2.34. The lowest BCUT2D eigenvalue weighted by molar-refractivity contribution is 0.252. The van der Waals surface area contributed by atoms with Crippen LogP contribution in [0.4, 0.5) is 11.4 Å². The molecule has 3 N–H and O–H groups in total. The second kappa shape index (κ2) is 5.85. The Bertz CT molecular complexity index is 417. The lowest BCUT2D eigenvalue weighted by atomic mass is 9.78. The second-order valence-corrected chi connectivity index (χ2v) is 6.75. The Morgan fingerprint density at radius 2 is 1.95 bits per heavy atom. The first kappa shape index (κ1) is 14.2. The molecule has 0 amide bonds. The number of benzene rings is 1. The van der Waals surface area contributed by atoms with Crippen LogP contribution in [0.2, 0.25) is 0 Å². The molecule has 2 nitrogen and oxygen atoms in total. The number of nitrogen functional groups attached to an aromatic ring is 1. The van der Waals surface area contributed by atoms with Crippen molar-refractivity contribution in [3.05, 3.63) is 23.8 Å². The molecule has 1 aromatic rings. The van der Waals surface area contributed by atoms with Gasteiger partial charge in [0, 0.05) is 6.54 Å². The Morgan fingerprint density at radius 3 is 2.53 bits per heavy atom. The van der Waals surface area contributed by atoms with E-state index in [0.717, 1.165) is 23.8 Å². The van der Waals surface area contributed by atoms with Gasteiger partial charge in [-0.25, -0.2) is 0 Å². The molecule has 19 heavy (non-hydrogen) atoms. The van der Waals surface area contributed by atoms with E-state index in [0.29, 0.717) is 5.41 Å². The highest BCUT2D eigenvalue weighted by Crippen LogP contribution is 2.43. The average Bonchev–Trinajstić information content (AvgIpc) is 2.76. The summed E-state index contributed by atoms with van der Waals surface area (Å²) in [5, 5.41) is 3.60. The molecule has 0 radical (unpaired) electrons. The summed E-state index contributed by atoms with van der Waals surface area (Å²) in [6.45, 7) is 7.82. The van der Waals surface area contributed by atoms with E-state index in [2.05, 4.69) is 38.2 Å². The summed E-state index contributed by atoms with van der Waals surface area (Å²) in [6.07, 6.45) is 6.83. The van der Waals surface area contributed by atoms with Crippen LogP contribution in [0.1, 0.15) is 51.5 Å². The predicted molar refractivity (Wildman–Crippen MR) is 84.4 cm³/mol. The van der Waals surface area contributed by atoms with Gasteiger partial charge in [-0.3, -0.25) is 0 Å². The molecule has 1 fully saturated rings. The monoisotopic (exact) mass is 260 g/mol. The van der Waals surface area contributed by atoms with Crippen LogP contribution < -0.4 is 11.1 Å². The molecular weight excluding hydrogens is 232 g/mol. The second-order valence-electron chi connectivity index (χ2n) is 6.75. The van der Waals surface area contributed by atoms with Crippen molar-refractivity contribution in [1.29, 1.82) is 0 Å². The van der Waals surface area contributed by atoms with Gasteiger partial charge in [0.15, 0.2) is 0 Å². The number of rotatable bonds is 5. The number of nitrogens with two attached hydrogens (primary N) is 1. The van der Waals surface area contributed by atoms with Gasteiger partial charge in [-0.05, 0) is 55.2 Å². The minimum Gasteiger partial charge on any atom is -0.397 e. The van der Waals surface area contributed by atoms with Crippen LogP contribution >= 0.6 is 0 Å². The third kappa shape index (κ3) is 3.65. The molecule has 2 rings (SSSR count). The summed E-state index contributed by atoms with van der Waals surface area (Å²) in [5.74, 6) is 0.773. The molecule has 0 unspecified atom stereocenters. The lowest BCUT2D eigenvalue weighted by Gasteiger charge is -2.32. The van der Waals surface area contributed by atoms with Crippen molar-refractivity contribution >= 4 is 11.4 Å². The van der Waals surface area contributed by atoms with Gasteiger partial charge in [0.2, 0.25) is 0 Å². The van der Waals surface area contributed by atoms with Gasteiger partial charge in [0.25, 0.3) is 0 Å². The summed E-state index contributed by atoms with van der Waals surface area (Å²) in [7, 11) is 0. The molecule has 1 aliphatic rings. The van der Waals surface area contributed by atoms with E-state index < -0.39 is 0 Å². The van der Waals surface area contributed by atoms with Crippen molar-refractivity contribution in [3.8, 4) is 0 Å². The van der Waals surface area contributed by atoms with Gasteiger partial charge >= 0.3 is 0 Å². The topological polar surface area (TPSA) is 38.0 Å². The fraction of sp³-hybridized carbons (Fsp3) is 0.647. The molecule has 106 valence electrons. The lowest BCUT2D eigenvalue weighted by Crippen LogP contribution is -2.28. The molecule has 0 atom stereocenters. The fourth-order valence-electron chi connectivity index (χ4n) is 3.57. The van der Waals surface area contributed by atoms with Crippen molar-refractivity contribution in [2.24, 2.45) is 11.3 Å². The van der Waals surface area contributed by atoms with Crippen LogP contribution in [0.5, 0.6) is 0 Å². The van der Waals surface area contributed by atoms with Crippen molar-refractivity contribution in [2.75, 3.05) is 17.6 Å². The summed E-state index contributed by atoms with van der Waals surface area (Å²) in [6, 6.07) is 6.29. The highest BCUT2D eigenvalue weighted by molar-refractivity contribution is 5.66. The average molecular weight is 260 g/mol. The van der Waals surface area contributed by atoms with Crippen LogP contribution in [0.15, 0.2) is 18.2 Å². The zero-order valence-electron chi connectivity index (χ0n) is 12.6. The van der Waals surface area contributed by atoms with Crippen LogP contribution in [-0.2, 0) is 0 Å². The summed E-state index contributed by atoms with van der Waals surface area (Å²) >= 11 is 0. The van der Waals surface area contributed by atoms with Crippen molar-refractivity contribution in [3.63, 3.8) is 0 Å². The molecular formula is C17H28N2. The van der Waals surface area contributed by atoms with E-state index in [4.69, 9.17) is 5.73 Å². The smallest absolute Gasteiger partial charge is 0.0574 e. The number of anilines is 2. The van der Waals surface area contributed by atoms with E-state index in [1.54, 1.807) is 0 Å². The molecule has 0 spiro atoms. The molecule has 1 aromatic carbocycles. The van der Waals surface area contributed by atoms with E-state index in [1.807, 2.05) is 6.07 Å². The minimum atomic E-state index is 0.492. The van der Waals surface area contributed by atoms with Crippen LogP contribution in [0.25, 0.3) is 0 Å². The summed E-state index contributed by atoms with van der Waals surface area (Å²) in [4.78, 5) is 0. The SMILES string of the molecule is Cc1ccc(NCC2(CC(C)C)CCCC2)c(N)c1. The van der Waals surface area contributed by atoms with Crippen molar-refractivity contribution in [2.45, 2.75) is 52.9 Å². The quantitative estimate of drug-likeness (QED) is 0.760. The highest BCUT2D eigenvalue weighted by atomic mass is 14.9. The molecule has 0 saturated heterocycles. The molecule has 0 aliphatic heterocycles. The Labute approximate surface area is 117 Å². The third-order valence-corrected chi connectivity index (χ3v) is 4.37. The largest absolute Gasteiger partial charge is 0.397 e.